The van der Waals surface area contributed by atoms with Crippen molar-refractivity contribution in [2.45, 2.75) is 57.0 Å². The van der Waals surface area contributed by atoms with Crippen molar-refractivity contribution in [3.8, 4) is 0 Å². The molecule has 2 aromatic heterocycles. The Morgan fingerprint density at radius 1 is 1.28 bits per heavy atom. The molecule has 4 N–H and O–H groups in total. The summed E-state index contributed by atoms with van der Waals surface area (Å²) in [5, 5.41) is 3.84. The van der Waals surface area contributed by atoms with E-state index in [1.54, 1.807) is 0 Å². The predicted molar refractivity (Wildman–Crippen MR) is 115 cm³/mol. The molecule has 0 saturated heterocycles. The van der Waals surface area contributed by atoms with E-state index in [0.29, 0.717) is 21.6 Å². The van der Waals surface area contributed by atoms with Crippen molar-refractivity contribution >= 4 is 39.9 Å². The van der Waals surface area contributed by atoms with Gasteiger partial charge >= 0.3 is 0 Å². The molecule has 2 heterocycles. The molecule has 154 valence electrons. The van der Waals surface area contributed by atoms with Gasteiger partial charge in [-0.2, -0.15) is 0 Å². The van der Waals surface area contributed by atoms with Crippen molar-refractivity contribution in [3.63, 3.8) is 0 Å². The second kappa shape index (κ2) is 8.31. The quantitative estimate of drug-likeness (QED) is 0.496. The summed E-state index contributed by atoms with van der Waals surface area (Å²) in [6, 6.07) is 0. The van der Waals surface area contributed by atoms with Crippen LogP contribution in [0.15, 0.2) is 9.95 Å². The average Bonchev–Trinajstić information content (AvgIpc) is 3.03. The number of carbonyl (C=O) groups excluding carboxylic acids is 2. The molecule has 4 rings (SSSR count). The van der Waals surface area contributed by atoms with Gasteiger partial charge in [0.25, 0.3) is 11.5 Å². The summed E-state index contributed by atoms with van der Waals surface area (Å²) in [6.45, 7) is 2.19. The van der Waals surface area contributed by atoms with E-state index in [0.717, 1.165) is 66.6 Å². The van der Waals surface area contributed by atoms with Crippen LogP contribution in [0, 0.1) is 5.92 Å². The van der Waals surface area contributed by atoms with Crippen molar-refractivity contribution in [1.29, 1.82) is 0 Å². The standard InChI is InChI=1S/C20H24N4O3S2/c1-10-6-7-12-14(8-10)29-19(16(12)17(21)26)23-15(25)9-28-20-22-13-5-3-2-4-11(13)18(27)24-20/h10H,2-9H2,1H3,(H2,21,26)(H,23,25)(H,22,24,27). The Balaban J connectivity index is 1.46. The third-order valence-corrected chi connectivity index (χ3v) is 7.56. The fourth-order valence-corrected chi connectivity index (χ4v) is 6.16. The highest BCUT2D eigenvalue weighted by Gasteiger charge is 2.27. The summed E-state index contributed by atoms with van der Waals surface area (Å²) < 4.78 is 0. The zero-order chi connectivity index (χ0) is 20.5. The van der Waals surface area contributed by atoms with Gasteiger partial charge in [0.15, 0.2) is 5.16 Å². The summed E-state index contributed by atoms with van der Waals surface area (Å²) in [4.78, 5) is 45.2. The number of aromatic amines is 1. The number of anilines is 1. The Bertz CT molecular complexity index is 1030. The molecule has 1 unspecified atom stereocenters. The van der Waals surface area contributed by atoms with Gasteiger partial charge in [0.05, 0.1) is 17.0 Å². The number of primary amides is 1. The molecule has 0 bridgehead atoms. The van der Waals surface area contributed by atoms with Gasteiger partial charge in [0.1, 0.15) is 5.00 Å². The zero-order valence-electron chi connectivity index (χ0n) is 16.3. The smallest absolute Gasteiger partial charge is 0.254 e. The van der Waals surface area contributed by atoms with Crippen LogP contribution in [-0.2, 0) is 30.5 Å². The molecule has 1 atom stereocenters. The van der Waals surface area contributed by atoms with Crippen molar-refractivity contribution in [1.82, 2.24) is 9.97 Å². The second-order valence-electron chi connectivity index (χ2n) is 7.76. The molecule has 0 radical (unpaired) electrons. The number of thioether (sulfide) groups is 1. The fraction of sp³-hybridized carbons (Fsp3) is 0.500. The van der Waals surface area contributed by atoms with Crippen molar-refractivity contribution in [3.05, 3.63) is 37.6 Å². The minimum absolute atomic E-state index is 0.0961. The maximum atomic E-state index is 12.5. The zero-order valence-corrected chi connectivity index (χ0v) is 17.9. The van der Waals surface area contributed by atoms with Gasteiger partial charge in [0, 0.05) is 10.4 Å². The van der Waals surface area contributed by atoms with E-state index in [1.165, 1.54) is 23.1 Å². The Hall–Kier alpha value is -2.13. The monoisotopic (exact) mass is 432 g/mol. The van der Waals surface area contributed by atoms with Gasteiger partial charge in [-0.1, -0.05) is 18.7 Å². The normalized spacial score (nSPS) is 18.0. The van der Waals surface area contributed by atoms with Gasteiger partial charge in [-0.15, -0.1) is 11.3 Å². The van der Waals surface area contributed by atoms with E-state index >= 15 is 0 Å². The number of amides is 2. The van der Waals surface area contributed by atoms with E-state index in [2.05, 4.69) is 22.2 Å². The van der Waals surface area contributed by atoms with E-state index in [9.17, 15) is 14.4 Å². The number of aryl methyl sites for hydroxylation is 1. The van der Waals surface area contributed by atoms with Crippen molar-refractivity contribution in [2.24, 2.45) is 11.7 Å². The Kier molecular flexibility index (Phi) is 5.78. The lowest BCUT2D eigenvalue weighted by Gasteiger charge is -2.18. The highest BCUT2D eigenvalue weighted by atomic mass is 32.2. The lowest BCUT2D eigenvalue weighted by atomic mass is 9.88. The number of rotatable bonds is 5. The third kappa shape index (κ3) is 4.25. The molecule has 2 aliphatic rings. The molecular weight excluding hydrogens is 408 g/mol. The number of aromatic nitrogens is 2. The summed E-state index contributed by atoms with van der Waals surface area (Å²) in [5.41, 5.74) is 8.56. The topological polar surface area (TPSA) is 118 Å². The number of nitrogens with two attached hydrogens (primary N) is 1. The maximum Gasteiger partial charge on any atom is 0.254 e. The van der Waals surface area contributed by atoms with Crippen LogP contribution in [-0.4, -0.2) is 27.5 Å². The molecule has 0 fully saturated rings. The molecule has 2 aliphatic carbocycles. The lowest BCUT2D eigenvalue weighted by molar-refractivity contribution is -0.113. The highest BCUT2D eigenvalue weighted by molar-refractivity contribution is 7.99. The number of hydrogen-bond acceptors (Lipinski definition) is 6. The Morgan fingerprint density at radius 3 is 2.86 bits per heavy atom. The molecular formula is C20H24N4O3S2. The molecule has 2 aromatic rings. The maximum absolute atomic E-state index is 12.5. The largest absolute Gasteiger partial charge is 0.365 e. The van der Waals surface area contributed by atoms with E-state index < -0.39 is 5.91 Å². The number of carbonyl (C=O) groups is 2. The highest BCUT2D eigenvalue weighted by Crippen LogP contribution is 2.39. The molecule has 0 saturated carbocycles. The van der Waals surface area contributed by atoms with Crippen LogP contribution in [0.5, 0.6) is 0 Å². The minimum atomic E-state index is -0.499. The van der Waals surface area contributed by atoms with Crippen LogP contribution in [0.2, 0.25) is 0 Å². The summed E-state index contributed by atoms with van der Waals surface area (Å²) in [6.07, 6.45) is 6.36. The number of hydrogen-bond donors (Lipinski definition) is 3. The first-order chi connectivity index (χ1) is 13.9. The van der Waals surface area contributed by atoms with Gasteiger partial charge in [-0.25, -0.2) is 4.98 Å². The SMILES string of the molecule is CC1CCc2c(sc(NC(=O)CSc3nc4c(c(=O)[nH]3)CCCC4)c2C(N)=O)C1. The van der Waals surface area contributed by atoms with Crippen LogP contribution >= 0.6 is 23.1 Å². The molecule has 7 nitrogen and oxygen atoms in total. The van der Waals surface area contributed by atoms with Crippen LogP contribution in [0.25, 0.3) is 0 Å². The summed E-state index contributed by atoms with van der Waals surface area (Å²) >= 11 is 2.64. The fourth-order valence-electron chi connectivity index (χ4n) is 4.04. The van der Waals surface area contributed by atoms with Gasteiger partial charge in [-0.05, 0) is 56.4 Å². The molecule has 29 heavy (non-hydrogen) atoms. The predicted octanol–water partition coefficient (Wildman–Crippen LogP) is 2.66. The van der Waals surface area contributed by atoms with Crippen LogP contribution in [0.3, 0.4) is 0 Å². The summed E-state index contributed by atoms with van der Waals surface area (Å²) in [5.74, 6) is -0.0862. The molecule has 2 amide bonds. The summed E-state index contributed by atoms with van der Waals surface area (Å²) in [7, 11) is 0. The number of nitrogens with one attached hydrogen (secondary N) is 2. The van der Waals surface area contributed by atoms with E-state index in [4.69, 9.17) is 5.73 Å². The third-order valence-electron chi connectivity index (χ3n) is 5.52. The molecule has 0 aromatic carbocycles. The lowest BCUT2D eigenvalue weighted by Crippen LogP contribution is -2.22. The molecule has 9 heteroatoms. The number of nitrogens with zero attached hydrogens (tertiary/aromatic N) is 1. The molecule has 0 aliphatic heterocycles. The average molecular weight is 433 g/mol. The van der Waals surface area contributed by atoms with Crippen molar-refractivity contribution in [2.75, 3.05) is 11.1 Å². The van der Waals surface area contributed by atoms with Crippen molar-refractivity contribution < 1.29 is 9.59 Å². The first kappa shape index (κ1) is 20.2. The van der Waals surface area contributed by atoms with E-state index in [-0.39, 0.29) is 17.2 Å². The van der Waals surface area contributed by atoms with Gasteiger partial charge in [0.2, 0.25) is 5.91 Å². The van der Waals surface area contributed by atoms with Crippen LogP contribution < -0.4 is 16.6 Å². The first-order valence-electron chi connectivity index (χ1n) is 9.91. The second-order valence-corrected chi connectivity index (χ2v) is 9.83. The van der Waals surface area contributed by atoms with Gasteiger partial charge in [-0.3, -0.25) is 14.4 Å². The van der Waals surface area contributed by atoms with Gasteiger partial charge < -0.3 is 16.0 Å². The number of fused-ring (bicyclic) bond motifs is 2. The Labute approximate surface area is 176 Å². The first-order valence-corrected chi connectivity index (χ1v) is 11.7. The van der Waals surface area contributed by atoms with Crippen LogP contribution in [0.4, 0.5) is 5.00 Å². The molecule has 0 spiro atoms. The minimum Gasteiger partial charge on any atom is -0.365 e. The Morgan fingerprint density at radius 2 is 2.07 bits per heavy atom. The number of H-pyrrole nitrogens is 1. The number of thiophene rings is 1. The van der Waals surface area contributed by atoms with Crippen LogP contribution in [0.1, 0.15) is 58.2 Å². The van der Waals surface area contributed by atoms with E-state index in [1.807, 2.05) is 0 Å².